The molecule has 0 aliphatic rings. The van der Waals surface area contributed by atoms with Crippen LogP contribution in [0, 0.1) is 0 Å². The second kappa shape index (κ2) is 6.14. The number of rotatable bonds is 2. The fourth-order valence-corrected chi connectivity index (χ4v) is 1.72. The molecule has 0 amide bonds. The van der Waals surface area contributed by atoms with E-state index in [-0.39, 0.29) is 66.1 Å². The van der Waals surface area contributed by atoms with Crippen molar-refractivity contribution in [1.29, 1.82) is 0 Å². The van der Waals surface area contributed by atoms with Gasteiger partial charge in [0.1, 0.15) is 0 Å². The Morgan fingerprint density at radius 1 is 1.20 bits per heavy atom. The molecule has 0 bridgehead atoms. The summed E-state index contributed by atoms with van der Waals surface area (Å²) in [6.45, 7) is 3.27. The number of hydrogen-bond donors (Lipinski definition) is 0. The average molecular weight is 404 g/mol. The van der Waals surface area contributed by atoms with Gasteiger partial charge in [0.15, 0.2) is 11.2 Å². The van der Waals surface area contributed by atoms with E-state index in [0.29, 0.717) is 0 Å². The molecule has 0 atom stereocenters. The van der Waals surface area contributed by atoms with E-state index in [1.54, 1.807) is 0 Å². The van der Waals surface area contributed by atoms with Crippen molar-refractivity contribution in [1.82, 2.24) is 18.7 Å². The molecule has 8 nitrogen and oxygen atoms in total. The second-order valence-corrected chi connectivity index (χ2v) is 3.96. The number of carbonyl (C=O) groups is 1. The SMILES string of the molecule is C=CC(=O)Oc1nc2c(c(=O)n(C)c(=O)n2C)n1C.[BaH2]. The average Bonchev–Trinajstić information content (AvgIpc) is 2.71. The Balaban J connectivity index is 0.00000200. The standard InChI is InChI=1S/C11H12N4O4.Ba.2H/c1-5-6(16)19-10-12-8-7(13(10)2)9(17)15(4)11(18)14(8)3;;;/h5H,1H2,2-4H3;;;. The molecular formula is C11H14BaN4O4. The van der Waals surface area contributed by atoms with Crippen LogP contribution >= 0.6 is 0 Å². The molecule has 2 heterocycles. The van der Waals surface area contributed by atoms with Crippen molar-refractivity contribution >= 4 is 66.0 Å². The molecule has 0 N–H and O–H groups in total. The Kier molecular flexibility index (Phi) is 5.22. The molecule has 0 fully saturated rings. The molecule has 0 saturated heterocycles. The molecule has 0 unspecified atom stereocenters. The number of hydrogen-bond acceptors (Lipinski definition) is 5. The Hall–Kier alpha value is -1.07. The van der Waals surface area contributed by atoms with Crippen molar-refractivity contribution in [3.63, 3.8) is 0 Å². The summed E-state index contributed by atoms with van der Waals surface area (Å²) in [6, 6.07) is -0.0711. The molecule has 0 aliphatic heterocycles. The summed E-state index contributed by atoms with van der Waals surface area (Å²) in [7, 11) is 4.37. The predicted octanol–water partition coefficient (Wildman–Crippen LogP) is -1.85. The number of aryl methyl sites for hydroxylation is 2. The van der Waals surface area contributed by atoms with Gasteiger partial charge in [-0.2, -0.15) is 4.98 Å². The van der Waals surface area contributed by atoms with Crippen molar-refractivity contribution in [3.05, 3.63) is 33.5 Å². The maximum atomic E-state index is 12.0. The molecule has 20 heavy (non-hydrogen) atoms. The van der Waals surface area contributed by atoms with Crippen LogP contribution in [0.3, 0.4) is 0 Å². The molecule has 9 heteroatoms. The summed E-state index contributed by atoms with van der Waals surface area (Å²) >= 11 is 0. The second-order valence-electron chi connectivity index (χ2n) is 3.96. The van der Waals surface area contributed by atoms with Gasteiger partial charge < -0.3 is 4.74 Å². The van der Waals surface area contributed by atoms with Gasteiger partial charge in [0, 0.05) is 27.2 Å². The topological polar surface area (TPSA) is 88.1 Å². The summed E-state index contributed by atoms with van der Waals surface area (Å²) in [5, 5.41) is 0. The summed E-state index contributed by atoms with van der Waals surface area (Å²) in [5.74, 6) is -0.694. The van der Waals surface area contributed by atoms with Crippen LogP contribution in [0.5, 0.6) is 6.01 Å². The first kappa shape index (κ1) is 17.0. The third-order valence-corrected chi connectivity index (χ3v) is 2.79. The summed E-state index contributed by atoms with van der Waals surface area (Å²) in [5.41, 5.74) is -0.676. The third-order valence-electron chi connectivity index (χ3n) is 2.79. The first-order chi connectivity index (χ1) is 8.88. The molecule has 0 radical (unpaired) electrons. The van der Waals surface area contributed by atoms with Crippen molar-refractivity contribution < 1.29 is 9.53 Å². The Morgan fingerprint density at radius 2 is 1.80 bits per heavy atom. The zero-order valence-corrected chi connectivity index (χ0v) is 10.7. The first-order valence-electron chi connectivity index (χ1n) is 5.35. The van der Waals surface area contributed by atoms with E-state index in [4.69, 9.17) is 4.74 Å². The molecular weight excluding hydrogens is 389 g/mol. The van der Waals surface area contributed by atoms with Crippen LogP contribution in [0.15, 0.2) is 22.2 Å². The number of aromatic nitrogens is 4. The fourth-order valence-electron chi connectivity index (χ4n) is 1.72. The van der Waals surface area contributed by atoms with Crippen LogP contribution in [0.1, 0.15) is 0 Å². The van der Waals surface area contributed by atoms with Gasteiger partial charge in [0.2, 0.25) is 0 Å². The molecule has 2 rings (SSSR count). The zero-order valence-electron chi connectivity index (χ0n) is 10.7. The fraction of sp³-hybridized carbons (Fsp3) is 0.273. The Bertz CT molecular complexity index is 814. The number of imidazole rings is 1. The van der Waals surface area contributed by atoms with Crippen molar-refractivity contribution in [2.24, 2.45) is 21.1 Å². The molecule has 0 aromatic carbocycles. The van der Waals surface area contributed by atoms with E-state index in [2.05, 4.69) is 11.6 Å². The van der Waals surface area contributed by atoms with Crippen LogP contribution in [-0.4, -0.2) is 73.5 Å². The van der Waals surface area contributed by atoms with Crippen molar-refractivity contribution in [2.75, 3.05) is 0 Å². The van der Waals surface area contributed by atoms with Crippen LogP contribution in [0.2, 0.25) is 0 Å². The first-order valence-corrected chi connectivity index (χ1v) is 5.35. The number of ether oxygens (including phenoxy) is 1. The molecule has 2 aromatic rings. The van der Waals surface area contributed by atoms with E-state index in [1.807, 2.05) is 0 Å². The van der Waals surface area contributed by atoms with E-state index < -0.39 is 17.2 Å². The summed E-state index contributed by atoms with van der Waals surface area (Å²) in [6.07, 6.45) is 0.983. The van der Waals surface area contributed by atoms with Gasteiger partial charge in [-0.3, -0.25) is 18.5 Å². The molecule has 0 saturated carbocycles. The molecule has 104 valence electrons. The van der Waals surface area contributed by atoms with Gasteiger partial charge in [-0.15, -0.1) is 0 Å². The van der Waals surface area contributed by atoms with Gasteiger partial charge >= 0.3 is 66.6 Å². The predicted molar refractivity (Wildman–Crippen MR) is 75.6 cm³/mol. The van der Waals surface area contributed by atoms with Crippen LogP contribution < -0.4 is 16.0 Å². The molecule has 0 aliphatic carbocycles. The minimum atomic E-state index is -0.694. The van der Waals surface area contributed by atoms with E-state index >= 15 is 0 Å². The number of carbonyl (C=O) groups excluding carboxylic acids is 1. The van der Waals surface area contributed by atoms with Gasteiger partial charge in [0.05, 0.1) is 0 Å². The summed E-state index contributed by atoms with van der Waals surface area (Å²) < 4.78 is 8.39. The Labute approximate surface area is 153 Å². The quantitative estimate of drug-likeness (QED) is 0.334. The van der Waals surface area contributed by atoms with Gasteiger partial charge in [0.25, 0.3) is 5.56 Å². The van der Waals surface area contributed by atoms with Crippen LogP contribution in [-0.2, 0) is 25.9 Å². The number of esters is 1. The van der Waals surface area contributed by atoms with E-state index in [0.717, 1.165) is 10.6 Å². The normalized spacial score (nSPS) is 10.2. The number of fused-ring (bicyclic) bond motifs is 1. The van der Waals surface area contributed by atoms with Gasteiger partial charge in [-0.25, -0.2) is 9.59 Å². The number of nitrogens with zero attached hydrogens (tertiary/aromatic N) is 4. The maximum absolute atomic E-state index is 12.0. The van der Waals surface area contributed by atoms with E-state index in [9.17, 15) is 14.4 Å². The third kappa shape index (κ3) is 2.57. The minimum absolute atomic E-state index is 0. The Morgan fingerprint density at radius 3 is 2.35 bits per heavy atom. The molecule has 2 aromatic heterocycles. The van der Waals surface area contributed by atoms with E-state index in [1.165, 1.54) is 30.3 Å². The van der Waals surface area contributed by atoms with Crippen molar-refractivity contribution in [2.45, 2.75) is 0 Å². The summed E-state index contributed by atoms with van der Waals surface area (Å²) in [4.78, 5) is 38.9. The van der Waals surface area contributed by atoms with Crippen LogP contribution in [0.25, 0.3) is 11.2 Å². The van der Waals surface area contributed by atoms with Gasteiger partial charge in [-0.1, -0.05) is 6.58 Å². The van der Waals surface area contributed by atoms with Gasteiger partial charge in [-0.05, 0) is 0 Å². The van der Waals surface area contributed by atoms with Crippen molar-refractivity contribution in [3.8, 4) is 6.01 Å². The van der Waals surface area contributed by atoms with Crippen LogP contribution in [0.4, 0.5) is 0 Å². The zero-order chi connectivity index (χ0) is 14.3. The molecule has 0 spiro atoms. The monoisotopic (exact) mass is 404 g/mol.